The van der Waals surface area contributed by atoms with E-state index in [1.807, 2.05) is 0 Å². The van der Waals surface area contributed by atoms with Crippen LogP contribution in [0.2, 0.25) is 0 Å². The zero-order chi connectivity index (χ0) is 18.1. The number of rotatable bonds is 3. The van der Waals surface area contributed by atoms with E-state index < -0.39 is 5.91 Å². The molecule has 0 bridgehead atoms. The van der Waals surface area contributed by atoms with Crippen molar-refractivity contribution in [1.29, 1.82) is 5.26 Å². The highest BCUT2D eigenvalue weighted by Gasteiger charge is 2.23. The summed E-state index contributed by atoms with van der Waals surface area (Å²) in [6.45, 7) is 0. The van der Waals surface area contributed by atoms with E-state index in [1.165, 1.54) is 34.4 Å². The molecule has 0 saturated carbocycles. The minimum atomic E-state index is -0.433. The van der Waals surface area contributed by atoms with Crippen molar-refractivity contribution in [2.75, 3.05) is 5.32 Å². The second kappa shape index (κ2) is 6.73. The highest BCUT2D eigenvalue weighted by Crippen LogP contribution is 2.37. The lowest BCUT2D eigenvalue weighted by atomic mass is 9.96. The number of amides is 1. The summed E-state index contributed by atoms with van der Waals surface area (Å²) in [5.41, 5.74) is 2.35. The van der Waals surface area contributed by atoms with Gasteiger partial charge in [-0.15, -0.1) is 11.3 Å². The third kappa shape index (κ3) is 3.00. The van der Waals surface area contributed by atoms with Crippen molar-refractivity contribution < 1.29 is 13.7 Å². The van der Waals surface area contributed by atoms with Crippen LogP contribution >= 0.6 is 11.3 Å². The number of aryl methyl sites for hydroxylation is 1. The van der Waals surface area contributed by atoms with Gasteiger partial charge in [0.2, 0.25) is 0 Å². The van der Waals surface area contributed by atoms with Gasteiger partial charge in [-0.3, -0.25) is 4.79 Å². The average molecular weight is 367 g/mol. The quantitative estimate of drug-likeness (QED) is 0.737. The SMILES string of the molecule is N#Cc1c(NC(=O)c2cc(-c3ccc(F)cc3)on2)sc2c1CCCC2. The van der Waals surface area contributed by atoms with E-state index in [9.17, 15) is 14.4 Å². The summed E-state index contributed by atoms with van der Waals surface area (Å²) >= 11 is 1.46. The minimum absolute atomic E-state index is 0.111. The molecule has 0 fully saturated rings. The van der Waals surface area contributed by atoms with Gasteiger partial charge in [0.05, 0.1) is 5.56 Å². The van der Waals surface area contributed by atoms with Gasteiger partial charge < -0.3 is 9.84 Å². The van der Waals surface area contributed by atoms with Gasteiger partial charge in [0.25, 0.3) is 5.91 Å². The van der Waals surface area contributed by atoms with Crippen LogP contribution in [0.25, 0.3) is 11.3 Å². The lowest BCUT2D eigenvalue weighted by Crippen LogP contribution is -2.12. The molecule has 1 N–H and O–H groups in total. The number of halogens is 1. The van der Waals surface area contributed by atoms with Crippen LogP contribution in [0.3, 0.4) is 0 Å². The van der Waals surface area contributed by atoms with Crippen molar-refractivity contribution in [3.05, 3.63) is 57.8 Å². The first-order chi connectivity index (χ1) is 12.7. The van der Waals surface area contributed by atoms with Gasteiger partial charge in [0.15, 0.2) is 11.5 Å². The number of hydrogen-bond acceptors (Lipinski definition) is 5. The van der Waals surface area contributed by atoms with Crippen molar-refractivity contribution in [1.82, 2.24) is 5.16 Å². The summed E-state index contributed by atoms with van der Waals surface area (Å²) in [6.07, 6.45) is 4.00. The molecule has 0 unspecified atom stereocenters. The Labute approximate surface area is 153 Å². The fourth-order valence-electron chi connectivity index (χ4n) is 3.07. The highest BCUT2D eigenvalue weighted by molar-refractivity contribution is 7.16. The molecule has 3 aromatic rings. The van der Waals surface area contributed by atoms with E-state index in [4.69, 9.17) is 4.52 Å². The number of nitrogens with zero attached hydrogens (tertiary/aromatic N) is 2. The molecule has 5 nitrogen and oxygen atoms in total. The van der Waals surface area contributed by atoms with Gasteiger partial charge in [-0.05, 0) is 55.5 Å². The van der Waals surface area contributed by atoms with Gasteiger partial charge in [0.1, 0.15) is 16.9 Å². The molecule has 0 aliphatic heterocycles. The summed E-state index contributed by atoms with van der Waals surface area (Å²) in [4.78, 5) is 13.7. The van der Waals surface area contributed by atoms with Crippen molar-refractivity contribution in [3.8, 4) is 17.4 Å². The van der Waals surface area contributed by atoms with Crippen LogP contribution in [0.15, 0.2) is 34.9 Å². The highest BCUT2D eigenvalue weighted by atomic mass is 32.1. The Morgan fingerprint density at radius 2 is 2.04 bits per heavy atom. The fraction of sp³-hybridized carbons (Fsp3) is 0.211. The zero-order valence-electron chi connectivity index (χ0n) is 13.7. The van der Waals surface area contributed by atoms with Crippen LogP contribution in [0, 0.1) is 17.1 Å². The number of benzene rings is 1. The summed E-state index contributed by atoms with van der Waals surface area (Å²) in [5, 5.41) is 16.6. The Morgan fingerprint density at radius 1 is 1.27 bits per heavy atom. The van der Waals surface area contributed by atoms with Gasteiger partial charge in [-0.2, -0.15) is 5.26 Å². The van der Waals surface area contributed by atoms with E-state index in [1.54, 1.807) is 12.1 Å². The fourth-order valence-corrected chi connectivity index (χ4v) is 4.31. The van der Waals surface area contributed by atoms with Crippen LogP contribution in [0.4, 0.5) is 9.39 Å². The summed E-state index contributed by atoms with van der Waals surface area (Å²) in [7, 11) is 0. The van der Waals surface area contributed by atoms with Crippen LogP contribution in [-0.4, -0.2) is 11.1 Å². The maximum Gasteiger partial charge on any atom is 0.278 e. The Bertz CT molecular complexity index is 1010. The number of thiophene rings is 1. The molecular formula is C19H14FN3O2S. The molecule has 4 rings (SSSR count). The van der Waals surface area contributed by atoms with Crippen LogP contribution in [0.1, 0.15) is 39.3 Å². The molecule has 2 aromatic heterocycles. The number of fused-ring (bicyclic) bond motifs is 1. The maximum atomic E-state index is 13.0. The standard InChI is InChI=1S/C19H14FN3O2S/c20-12-7-5-11(6-8-12)16-9-15(23-25-16)18(24)22-19-14(10-21)13-3-1-2-4-17(13)26-19/h5-9H,1-4H2,(H,22,24). The van der Waals surface area contributed by atoms with Gasteiger partial charge in [0, 0.05) is 16.5 Å². The number of anilines is 1. The van der Waals surface area contributed by atoms with Crippen molar-refractivity contribution in [2.24, 2.45) is 0 Å². The molecule has 0 radical (unpaired) electrons. The molecule has 0 atom stereocenters. The molecular weight excluding hydrogens is 353 g/mol. The molecule has 0 spiro atoms. The van der Waals surface area contributed by atoms with Crippen molar-refractivity contribution in [3.63, 3.8) is 0 Å². The Hall–Kier alpha value is -2.98. The molecule has 2 heterocycles. The molecule has 0 saturated heterocycles. The van der Waals surface area contributed by atoms with Gasteiger partial charge in [-0.1, -0.05) is 5.16 Å². The second-order valence-corrected chi connectivity index (χ2v) is 7.17. The average Bonchev–Trinajstić information content (AvgIpc) is 3.26. The monoisotopic (exact) mass is 367 g/mol. The lowest BCUT2D eigenvalue weighted by Gasteiger charge is -2.09. The number of aromatic nitrogens is 1. The smallest absolute Gasteiger partial charge is 0.278 e. The number of nitrogens with one attached hydrogen (secondary N) is 1. The zero-order valence-corrected chi connectivity index (χ0v) is 14.5. The first-order valence-electron chi connectivity index (χ1n) is 8.24. The largest absolute Gasteiger partial charge is 0.355 e. The Kier molecular flexibility index (Phi) is 4.27. The molecule has 1 aromatic carbocycles. The minimum Gasteiger partial charge on any atom is -0.355 e. The topological polar surface area (TPSA) is 78.9 Å². The molecule has 7 heteroatoms. The van der Waals surface area contributed by atoms with E-state index in [2.05, 4.69) is 16.5 Å². The summed E-state index contributed by atoms with van der Waals surface area (Å²) < 4.78 is 18.2. The third-order valence-corrected chi connectivity index (χ3v) is 5.59. The predicted octanol–water partition coefficient (Wildman–Crippen LogP) is 4.54. The van der Waals surface area contributed by atoms with Crippen LogP contribution in [0.5, 0.6) is 0 Å². The van der Waals surface area contributed by atoms with Crippen LogP contribution in [-0.2, 0) is 12.8 Å². The Morgan fingerprint density at radius 3 is 2.81 bits per heavy atom. The van der Waals surface area contributed by atoms with E-state index in [0.29, 0.717) is 21.9 Å². The summed E-state index contributed by atoms with van der Waals surface area (Å²) in [5.74, 6) is -0.407. The van der Waals surface area contributed by atoms with E-state index in [0.717, 1.165) is 31.2 Å². The Balaban J connectivity index is 1.57. The number of carbonyl (C=O) groups is 1. The molecule has 1 aliphatic carbocycles. The first kappa shape index (κ1) is 16.5. The van der Waals surface area contributed by atoms with Crippen molar-refractivity contribution in [2.45, 2.75) is 25.7 Å². The second-order valence-electron chi connectivity index (χ2n) is 6.06. The van der Waals surface area contributed by atoms with Crippen molar-refractivity contribution >= 4 is 22.2 Å². The molecule has 26 heavy (non-hydrogen) atoms. The van der Waals surface area contributed by atoms with Gasteiger partial charge in [-0.25, -0.2) is 4.39 Å². The summed E-state index contributed by atoms with van der Waals surface area (Å²) in [6, 6.07) is 9.45. The first-order valence-corrected chi connectivity index (χ1v) is 9.06. The third-order valence-electron chi connectivity index (χ3n) is 4.38. The molecule has 1 aliphatic rings. The van der Waals surface area contributed by atoms with Crippen LogP contribution < -0.4 is 5.32 Å². The van der Waals surface area contributed by atoms with E-state index >= 15 is 0 Å². The van der Waals surface area contributed by atoms with Gasteiger partial charge >= 0.3 is 0 Å². The normalized spacial score (nSPS) is 13.1. The molecule has 130 valence electrons. The number of carbonyl (C=O) groups excluding carboxylic acids is 1. The number of nitriles is 1. The number of hydrogen-bond donors (Lipinski definition) is 1. The maximum absolute atomic E-state index is 13.0. The van der Waals surface area contributed by atoms with E-state index in [-0.39, 0.29) is 11.5 Å². The lowest BCUT2D eigenvalue weighted by molar-refractivity contribution is 0.101. The molecule has 1 amide bonds. The predicted molar refractivity (Wildman–Crippen MR) is 95.5 cm³/mol.